The van der Waals surface area contributed by atoms with Gasteiger partial charge in [-0.05, 0) is 69.2 Å². The molecule has 35 heavy (non-hydrogen) atoms. The Balaban J connectivity index is 1.60. The lowest BCUT2D eigenvalue weighted by molar-refractivity contribution is 0.0145. The maximum Gasteiger partial charge on any atom is 0.410 e. The molecule has 0 bridgehead atoms. The standard InChI is InChI=1S/C24H32BrN7O3/c1-24(2,3)35-23(33)32-11-10-31(14-17(32)7-8-26)21-20-19(12-16(25)13-27-20)28-22(29-21)34-15-18-6-5-9-30(18)4/h12-13,17-18H,5-7,9-11,14-15H2,1-4H3/t17-,18?/m0/s1. The van der Waals surface area contributed by atoms with Gasteiger partial charge in [0.15, 0.2) is 5.82 Å². The van der Waals surface area contributed by atoms with Crippen molar-refractivity contribution in [2.24, 2.45) is 0 Å². The molecule has 2 fully saturated rings. The first-order chi connectivity index (χ1) is 16.6. The Labute approximate surface area is 214 Å². The topological polar surface area (TPSA) is 108 Å². The van der Waals surface area contributed by atoms with E-state index in [1.807, 2.05) is 26.8 Å². The molecule has 11 heteroatoms. The van der Waals surface area contributed by atoms with E-state index in [4.69, 9.17) is 14.5 Å². The van der Waals surface area contributed by atoms with Gasteiger partial charge in [0.1, 0.15) is 17.7 Å². The second-order valence-corrected chi connectivity index (χ2v) is 11.0. The molecule has 0 radical (unpaired) electrons. The van der Waals surface area contributed by atoms with Crippen LogP contribution in [0.5, 0.6) is 6.01 Å². The summed E-state index contributed by atoms with van der Waals surface area (Å²) in [4.78, 5) is 32.7. The van der Waals surface area contributed by atoms with Gasteiger partial charge in [-0.2, -0.15) is 15.2 Å². The first kappa shape index (κ1) is 25.4. The van der Waals surface area contributed by atoms with Gasteiger partial charge in [-0.1, -0.05) is 0 Å². The minimum absolute atomic E-state index is 0.190. The van der Waals surface area contributed by atoms with Crippen LogP contribution >= 0.6 is 15.9 Å². The highest BCUT2D eigenvalue weighted by Crippen LogP contribution is 2.29. The van der Waals surface area contributed by atoms with Crippen molar-refractivity contribution in [1.82, 2.24) is 24.8 Å². The van der Waals surface area contributed by atoms with E-state index in [-0.39, 0.29) is 12.5 Å². The molecule has 0 spiro atoms. The maximum atomic E-state index is 12.8. The predicted molar refractivity (Wildman–Crippen MR) is 135 cm³/mol. The van der Waals surface area contributed by atoms with Crippen LogP contribution in [0.25, 0.3) is 11.0 Å². The van der Waals surface area contributed by atoms with E-state index < -0.39 is 11.7 Å². The zero-order valence-electron chi connectivity index (χ0n) is 20.7. The van der Waals surface area contributed by atoms with Gasteiger partial charge in [0.2, 0.25) is 0 Å². The van der Waals surface area contributed by atoms with Gasteiger partial charge in [-0.25, -0.2) is 9.78 Å². The molecule has 188 valence electrons. The van der Waals surface area contributed by atoms with Crippen LogP contribution < -0.4 is 9.64 Å². The van der Waals surface area contributed by atoms with Crippen molar-refractivity contribution >= 4 is 38.9 Å². The number of nitrogens with zero attached hydrogens (tertiary/aromatic N) is 7. The molecule has 2 saturated heterocycles. The molecule has 2 atom stereocenters. The van der Waals surface area contributed by atoms with Crippen LogP contribution in [0.1, 0.15) is 40.0 Å². The summed E-state index contributed by atoms with van der Waals surface area (Å²) in [6.07, 6.45) is 3.75. The molecule has 0 N–H and O–H groups in total. The Morgan fingerprint density at radius 3 is 2.74 bits per heavy atom. The molecule has 0 aliphatic carbocycles. The van der Waals surface area contributed by atoms with E-state index in [2.05, 4.69) is 48.8 Å². The highest BCUT2D eigenvalue weighted by Gasteiger charge is 2.35. The van der Waals surface area contributed by atoms with Gasteiger partial charge in [0.25, 0.3) is 0 Å². The minimum Gasteiger partial charge on any atom is -0.462 e. The van der Waals surface area contributed by atoms with Gasteiger partial charge >= 0.3 is 12.1 Å². The minimum atomic E-state index is -0.606. The summed E-state index contributed by atoms with van der Waals surface area (Å²) in [5, 5.41) is 9.43. The molecule has 2 aromatic heterocycles. The summed E-state index contributed by atoms with van der Waals surface area (Å²) >= 11 is 3.48. The number of halogens is 1. The molecular formula is C24H32BrN7O3. The third-order valence-electron chi connectivity index (χ3n) is 6.28. The second kappa shape index (κ2) is 10.5. The van der Waals surface area contributed by atoms with E-state index in [9.17, 15) is 10.1 Å². The van der Waals surface area contributed by atoms with Crippen LogP contribution in [0.15, 0.2) is 16.7 Å². The van der Waals surface area contributed by atoms with Gasteiger partial charge < -0.3 is 24.2 Å². The predicted octanol–water partition coefficient (Wildman–Crippen LogP) is 3.60. The smallest absolute Gasteiger partial charge is 0.410 e. The Kier molecular flexibility index (Phi) is 7.62. The lowest BCUT2D eigenvalue weighted by Crippen LogP contribution is -2.56. The molecular weight excluding hydrogens is 514 g/mol. The summed E-state index contributed by atoms with van der Waals surface area (Å²) in [6.45, 7) is 8.46. The number of ether oxygens (including phenoxy) is 2. The average Bonchev–Trinajstić information content (AvgIpc) is 3.20. The molecule has 10 nitrogen and oxygen atoms in total. The molecule has 0 saturated carbocycles. The van der Waals surface area contributed by atoms with Crippen molar-refractivity contribution in [3.8, 4) is 12.1 Å². The third-order valence-corrected chi connectivity index (χ3v) is 6.71. The van der Waals surface area contributed by atoms with Crippen molar-refractivity contribution in [2.75, 3.05) is 44.7 Å². The number of carbonyl (C=O) groups is 1. The number of amides is 1. The molecule has 2 aromatic rings. The number of likely N-dealkylation sites (N-methyl/N-ethyl adjacent to an activating group) is 1. The lowest BCUT2D eigenvalue weighted by Gasteiger charge is -2.41. The Morgan fingerprint density at radius 2 is 2.06 bits per heavy atom. The van der Waals surface area contributed by atoms with Crippen LogP contribution in [0.4, 0.5) is 10.6 Å². The first-order valence-electron chi connectivity index (χ1n) is 11.9. The van der Waals surface area contributed by atoms with Crippen molar-refractivity contribution in [2.45, 2.75) is 57.7 Å². The quantitative estimate of drug-likeness (QED) is 0.556. The van der Waals surface area contributed by atoms with E-state index in [0.29, 0.717) is 55.1 Å². The van der Waals surface area contributed by atoms with Gasteiger partial charge in [0, 0.05) is 36.3 Å². The van der Waals surface area contributed by atoms with Gasteiger partial charge in [-0.3, -0.25) is 0 Å². The van der Waals surface area contributed by atoms with E-state index in [1.54, 1.807) is 11.1 Å². The number of aromatic nitrogens is 3. The van der Waals surface area contributed by atoms with Gasteiger partial charge in [-0.15, -0.1) is 0 Å². The van der Waals surface area contributed by atoms with Crippen molar-refractivity contribution < 1.29 is 14.3 Å². The average molecular weight is 546 g/mol. The van der Waals surface area contributed by atoms with E-state index in [1.165, 1.54) is 0 Å². The van der Waals surface area contributed by atoms with E-state index in [0.717, 1.165) is 23.9 Å². The van der Waals surface area contributed by atoms with Crippen molar-refractivity contribution in [3.05, 3.63) is 16.7 Å². The zero-order chi connectivity index (χ0) is 25.2. The highest BCUT2D eigenvalue weighted by atomic mass is 79.9. The fourth-order valence-electron chi connectivity index (χ4n) is 4.49. The normalized spacial score (nSPS) is 21.3. The number of nitriles is 1. The Bertz CT molecular complexity index is 1120. The number of carbonyl (C=O) groups excluding carboxylic acids is 1. The fraction of sp³-hybridized carbons (Fsp3) is 0.625. The molecule has 4 rings (SSSR count). The lowest BCUT2D eigenvalue weighted by atomic mass is 10.1. The summed E-state index contributed by atoms with van der Waals surface area (Å²) in [5.74, 6) is 0.643. The van der Waals surface area contributed by atoms with Crippen LogP contribution in [0.3, 0.4) is 0 Å². The first-order valence-corrected chi connectivity index (χ1v) is 12.7. The van der Waals surface area contributed by atoms with Crippen LogP contribution in [-0.4, -0.2) is 88.4 Å². The number of anilines is 1. The Hall–Kier alpha value is -2.71. The summed E-state index contributed by atoms with van der Waals surface area (Å²) < 4.78 is 12.4. The fourth-order valence-corrected chi connectivity index (χ4v) is 4.81. The molecule has 2 aliphatic rings. The number of rotatable bonds is 5. The SMILES string of the molecule is CN1CCCC1COc1nc(N2CCN(C(=O)OC(C)(C)C)[C@@H](CC#N)C2)c2ncc(Br)cc2n1. The number of likely N-dealkylation sites (tertiary alicyclic amines) is 1. The molecule has 1 amide bonds. The molecule has 0 aromatic carbocycles. The summed E-state index contributed by atoms with van der Waals surface area (Å²) in [6, 6.07) is 4.42. The second-order valence-electron chi connectivity index (χ2n) is 10.1. The largest absolute Gasteiger partial charge is 0.462 e. The zero-order valence-corrected chi connectivity index (χ0v) is 22.3. The number of hydrogen-bond acceptors (Lipinski definition) is 9. The van der Waals surface area contributed by atoms with Crippen LogP contribution in [0.2, 0.25) is 0 Å². The van der Waals surface area contributed by atoms with Crippen molar-refractivity contribution in [3.63, 3.8) is 0 Å². The number of fused-ring (bicyclic) bond motifs is 1. The number of pyridine rings is 1. The third kappa shape index (κ3) is 6.11. The molecule has 2 aliphatic heterocycles. The van der Waals surface area contributed by atoms with Gasteiger partial charge in [0.05, 0.1) is 24.0 Å². The number of hydrogen-bond donors (Lipinski definition) is 0. The number of piperazine rings is 1. The summed E-state index contributed by atoms with van der Waals surface area (Å²) in [5.41, 5.74) is 0.719. The molecule has 1 unspecified atom stereocenters. The Morgan fingerprint density at radius 1 is 1.26 bits per heavy atom. The molecule has 4 heterocycles. The van der Waals surface area contributed by atoms with E-state index >= 15 is 0 Å². The van der Waals surface area contributed by atoms with Crippen LogP contribution in [-0.2, 0) is 4.74 Å². The monoisotopic (exact) mass is 545 g/mol. The van der Waals surface area contributed by atoms with Crippen molar-refractivity contribution in [1.29, 1.82) is 5.26 Å². The summed E-state index contributed by atoms with van der Waals surface area (Å²) in [7, 11) is 2.11. The maximum absolute atomic E-state index is 12.8. The van der Waals surface area contributed by atoms with Crippen LogP contribution in [0, 0.1) is 11.3 Å². The highest BCUT2D eigenvalue weighted by molar-refractivity contribution is 9.10.